The van der Waals surface area contributed by atoms with Crippen LogP contribution in [-0.4, -0.2) is 25.5 Å². The summed E-state index contributed by atoms with van der Waals surface area (Å²) in [6, 6.07) is 3.71. The predicted molar refractivity (Wildman–Crippen MR) is 84.4 cm³/mol. The number of rotatable bonds is 3. The maximum Gasteiger partial charge on any atom is 0.267 e. The third kappa shape index (κ3) is 2.03. The SMILES string of the molecule is CCc1cc(NC(=O)c2cc3c(nc4sccn43)s2)n[nH]1. The van der Waals surface area contributed by atoms with Gasteiger partial charge in [0.2, 0.25) is 0 Å². The van der Waals surface area contributed by atoms with Crippen LogP contribution < -0.4 is 5.32 Å². The van der Waals surface area contributed by atoms with Crippen molar-refractivity contribution < 1.29 is 4.79 Å². The molecule has 0 fully saturated rings. The van der Waals surface area contributed by atoms with Gasteiger partial charge in [0.1, 0.15) is 4.83 Å². The average Bonchev–Trinajstić information content (AvgIpc) is 3.18. The van der Waals surface area contributed by atoms with Gasteiger partial charge < -0.3 is 5.32 Å². The summed E-state index contributed by atoms with van der Waals surface area (Å²) < 4.78 is 2.00. The third-order valence-corrected chi connectivity index (χ3v) is 4.99. The van der Waals surface area contributed by atoms with Gasteiger partial charge in [0.05, 0.1) is 10.4 Å². The minimum atomic E-state index is -0.156. The van der Waals surface area contributed by atoms with Crippen molar-refractivity contribution in [1.82, 2.24) is 19.6 Å². The van der Waals surface area contributed by atoms with E-state index in [4.69, 9.17) is 0 Å². The molecule has 1 amide bonds. The Morgan fingerprint density at radius 3 is 3.19 bits per heavy atom. The minimum Gasteiger partial charge on any atom is -0.304 e. The maximum absolute atomic E-state index is 12.3. The van der Waals surface area contributed by atoms with Crippen LogP contribution in [0.2, 0.25) is 0 Å². The third-order valence-electron chi connectivity index (χ3n) is 3.22. The second kappa shape index (κ2) is 4.68. The van der Waals surface area contributed by atoms with Crippen molar-refractivity contribution in [3.05, 3.63) is 34.3 Å². The first kappa shape index (κ1) is 12.5. The average molecular weight is 317 g/mol. The number of nitrogens with one attached hydrogen (secondary N) is 2. The fourth-order valence-corrected chi connectivity index (χ4v) is 3.84. The molecule has 6 nitrogen and oxygen atoms in total. The largest absolute Gasteiger partial charge is 0.304 e. The van der Waals surface area contributed by atoms with Gasteiger partial charge in [0.15, 0.2) is 10.8 Å². The van der Waals surface area contributed by atoms with Crippen molar-refractivity contribution in [1.29, 1.82) is 0 Å². The summed E-state index contributed by atoms with van der Waals surface area (Å²) in [5.41, 5.74) is 1.96. The van der Waals surface area contributed by atoms with Crippen LogP contribution in [-0.2, 0) is 6.42 Å². The van der Waals surface area contributed by atoms with Gasteiger partial charge >= 0.3 is 0 Å². The van der Waals surface area contributed by atoms with E-state index in [1.807, 2.05) is 35.0 Å². The monoisotopic (exact) mass is 317 g/mol. The lowest BCUT2D eigenvalue weighted by Crippen LogP contribution is -2.10. The number of imidazole rings is 1. The Kier molecular flexibility index (Phi) is 2.79. The number of H-pyrrole nitrogens is 1. The summed E-state index contributed by atoms with van der Waals surface area (Å²) in [6.45, 7) is 2.03. The molecular formula is C13H11N5OS2. The molecule has 0 atom stereocenters. The van der Waals surface area contributed by atoms with Gasteiger partial charge in [-0.25, -0.2) is 4.98 Å². The van der Waals surface area contributed by atoms with Crippen LogP contribution in [0.3, 0.4) is 0 Å². The van der Waals surface area contributed by atoms with Crippen LogP contribution in [0.25, 0.3) is 15.3 Å². The van der Waals surface area contributed by atoms with Crippen LogP contribution in [0.4, 0.5) is 5.82 Å². The Hall–Kier alpha value is -2.19. The van der Waals surface area contributed by atoms with E-state index >= 15 is 0 Å². The molecule has 0 radical (unpaired) electrons. The van der Waals surface area contributed by atoms with E-state index in [1.165, 1.54) is 11.3 Å². The zero-order valence-corrected chi connectivity index (χ0v) is 12.7. The molecule has 21 heavy (non-hydrogen) atoms. The fraction of sp³-hybridized carbons (Fsp3) is 0.154. The van der Waals surface area contributed by atoms with Gasteiger partial charge in [0.25, 0.3) is 5.91 Å². The number of thiophene rings is 1. The lowest BCUT2D eigenvalue weighted by atomic mass is 10.3. The summed E-state index contributed by atoms with van der Waals surface area (Å²) in [5.74, 6) is 0.391. The smallest absolute Gasteiger partial charge is 0.267 e. The van der Waals surface area contributed by atoms with E-state index < -0.39 is 0 Å². The number of aryl methyl sites for hydroxylation is 1. The van der Waals surface area contributed by atoms with E-state index in [-0.39, 0.29) is 5.91 Å². The highest BCUT2D eigenvalue weighted by Crippen LogP contribution is 2.28. The lowest BCUT2D eigenvalue weighted by Gasteiger charge is -1.97. The molecule has 0 spiro atoms. The van der Waals surface area contributed by atoms with E-state index in [1.54, 1.807) is 11.3 Å². The van der Waals surface area contributed by atoms with E-state index in [0.29, 0.717) is 10.7 Å². The molecule has 0 aromatic carbocycles. The second-order valence-electron chi connectivity index (χ2n) is 4.55. The Balaban J connectivity index is 1.65. The molecule has 0 bridgehead atoms. The van der Waals surface area contributed by atoms with Crippen molar-refractivity contribution in [2.24, 2.45) is 0 Å². The van der Waals surface area contributed by atoms with Gasteiger partial charge in [-0.3, -0.25) is 14.3 Å². The van der Waals surface area contributed by atoms with Gasteiger partial charge in [-0.05, 0) is 12.5 Å². The van der Waals surface area contributed by atoms with Crippen LogP contribution in [0.5, 0.6) is 0 Å². The number of hydrogen-bond donors (Lipinski definition) is 2. The molecule has 4 aromatic rings. The van der Waals surface area contributed by atoms with Gasteiger partial charge in [-0.15, -0.1) is 22.7 Å². The number of aromatic nitrogens is 4. The minimum absolute atomic E-state index is 0.156. The first-order valence-electron chi connectivity index (χ1n) is 6.45. The molecule has 106 valence electrons. The van der Waals surface area contributed by atoms with Crippen LogP contribution in [0, 0.1) is 0 Å². The molecule has 0 aliphatic carbocycles. The van der Waals surface area contributed by atoms with Gasteiger partial charge in [-0.1, -0.05) is 6.92 Å². The summed E-state index contributed by atoms with van der Waals surface area (Å²) >= 11 is 2.98. The van der Waals surface area contributed by atoms with E-state index in [0.717, 1.165) is 27.4 Å². The molecule has 0 unspecified atom stereocenters. The first-order valence-corrected chi connectivity index (χ1v) is 8.15. The van der Waals surface area contributed by atoms with Gasteiger partial charge in [0, 0.05) is 23.3 Å². The number of thiazole rings is 1. The molecule has 0 saturated heterocycles. The number of carbonyl (C=O) groups excluding carboxylic acids is 1. The Morgan fingerprint density at radius 2 is 2.38 bits per heavy atom. The summed E-state index contributed by atoms with van der Waals surface area (Å²) in [5, 5.41) is 11.7. The van der Waals surface area contributed by atoms with E-state index in [2.05, 4.69) is 20.5 Å². The molecule has 0 saturated carbocycles. The number of aromatic amines is 1. The topological polar surface area (TPSA) is 75.1 Å². The van der Waals surface area contributed by atoms with Crippen molar-refractivity contribution in [2.75, 3.05) is 5.32 Å². The summed E-state index contributed by atoms with van der Waals surface area (Å²) in [4.78, 5) is 19.2. The summed E-state index contributed by atoms with van der Waals surface area (Å²) in [6.07, 6.45) is 2.82. The zero-order chi connectivity index (χ0) is 14.4. The van der Waals surface area contributed by atoms with Crippen molar-refractivity contribution in [3.8, 4) is 0 Å². The highest BCUT2D eigenvalue weighted by Gasteiger charge is 2.15. The van der Waals surface area contributed by atoms with Crippen LogP contribution >= 0.6 is 22.7 Å². The second-order valence-corrected chi connectivity index (χ2v) is 6.46. The van der Waals surface area contributed by atoms with Crippen molar-refractivity contribution in [2.45, 2.75) is 13.3 Å². The number of hydrogen-bond acceptors (Lipinski definition) is 5. The van der Waals surface area contributed by atoms with Crippen molar-refractivity contribution in [3.63, 3.8) is 0 Å². The fourth-order valence-electron chi connectivity index (χ4n) is 2.14. The van der Waals surface area contributed by atoms with E-state index in [9.17, 15) is 4.79 Å². The Bertz CT molecular complexity index is 944. The molecule has 0 aliphatic rings. The molecule has 0 aliphatic heterocycles. The molecule has 4 aromatic heterocycles. The number of carbonyl (C=O) groups is 1. The maximum atomic E-state index is 12.3. The van der Waals surface area contributed by atoms with Crippen LogP contribution in [0.15, 0.2) is 23.7 Å². The molecule has 2 N–H and O–H groups in total. The molecule has 8 heteroatoms. The predicted octanol–water partition coefficient (Wildman–Crippen LogP) is 3.15. The highest BCUT2D eigenvalue weighted by atomic mass is 32.1. The van der Waals surface area contributed by atoms with Crippen molar-refractivity contribution >= 4 is 49.7 Å². The number of fused-ring (bicyclic) bond motifs is 3. The number of anilines is 1. The molecule has 4 heterocycles. The molecular weight excluding hydrogens is 306 g/mol. The molecule has 4 rings (SSSR count). The first-order chi connectivity index (χ1) is 10.2. The standard InChI is InChI=1S/C13H11N5OS2/c1-2-7-5-10(17-16-7)14-11(19)9-6-8-12(21-9)15-13-18(8)3-4-20-13/h3-6H,2H2,1H3,(H2,14,16,17,19). The highest BCUT2D eigenvalue weighted by molar-refractivity contribution is 7.21. The van der Waals surface area contributed by atoms with Crippen LogP contribution in [0.1, 0.15) is 22.3 Å². The Labute approximate surface area is 127 Å². The number of amides is 1. The Morgan fingerprint density at radius 1 is 1.48 bits per heavy atom. The quantitative estimate of drug-likeness (QED) is 0.609. The zero-order valence-electron chi connectivity index (χ0n) is 11.1. The summed E-state index contributed by atoms with van der Waals surface area (Å²) in [7, 11) is 0. The van der Waals surface area contributed by atoms with Gasteiger partial charge in [-0.2, -0.15) is 5.10 Å². The normalized spacial score (nSPS) is 11.5. The lowest BCUT2D eigenvalue weighted by molar-refractivity contribution is 0.103. The number of nitrogens with zero attached hydrogens (tertiary/aromatic N) is 3.